The molecular formula is C14H31NO. The number of hydrogen-bond acceptors (Lipinski definition) is 2. The van der Waals surface area contributed by atoms with Crippen LogP contribution >= 0.6 is 0 Å². The monoisotopic (exact) mass is 229 g/mol. The van der Waals surface area contributed by atoms with Crippen molar-refractivity contribution in [3.8, 4) is 0 Å². The zero-order chi connectivity index (χ0) is 12.4. The molecule has 0 radical (unpaired) electrons. The van der Waals surface area contributed by atoms with Gasteiger partial charge in [-0.2, -0.15) is 0 Å². The van der Waals surface area contributed by atoms with E-state index in [1.807, 2.05) is 0 Å². The minimum absolute atomic E-state index is 0.186. The second-order valence-electron chi connectivity index (χ2n) is 5.40. The zero-order valence-electron chi connectivity index (χ0n) is 11.4. The van der Waals surface area contributed by atoms with Crippen molar-refractivity contribution in [3.05, 3.63) is 0 Å². The van der Waals surface area contributed by atoms with Crippen molar-refractivity contribution in [2.75, 3.05) is 6.54 Å². The van der Waals surface area contributed by atoms with Gasteiger partial charge in [0.05, 0.1) is 6.10 Å². The van der Waals surface area contributed by atoms with Gasteiger partial charge in [-0.25, -0.2) is 0 Å². The van der Waals surface area contributed by atoms with Crippen molar-refractivity contribution < 1.29 is 5.11 Å². The molecule has 0 aromatic rings. The number of nitrogens with two attached hydrogens (primary N) is 1. The minimum atomic E-state index is -0.186. The molecule has 3 N–H and O–H groups in total. The Balaban J connectivity index is 3.62. The molecule has 2 nitrogen and oxygen atoms in total. The van der Waals surface area contributed by atoms with Gasteiger partial charge in [0.15, 0.2) is 0 Å². The Hall–Kier alpha value is -0.0800. The van der Waals surface area contributed by atoms with Crippen LogP contribution in [0.5, 0.6) is 0 Å². The first kappa shape index (κ1) is 15.9. The Kier molecular flexibility index (Phi) is 10.0. The molecule has 98 valence electrons. The molecule has 0 aliphatic heterocycles. The highest BCUT2D eigenvalue weighted by Gasteiger charge is 2.18. The summed E-state index contributed by atoms with van der Waals surface area (Å²) in [5.74, 6) is 0.925. The van der Waals surface area contributed by atoms with Gasteiger partial charge in [-0.05, 0) is 31.2 Å². The maximum Gasteiger partial charge on any atom is 0.0580 e. The lowest BCUT2D eigenvalue weighted by Crippen LogP contribution is -2.29. The Morgan fingerprint density at radius 3 is 2.19 bits per heavy atom. The molecule has 0 bridgehead atoms. The van der Waals surface area contributed by atoms with Gasteiger partial charge in [0, 0.05) is 0 Å². The van der Waals surface area contributed by atoms with Crippen LogP contribution in [0.3, 0.4) is 0 Å². The van der Waals surface area contributed by atoms with Crippen molar-refractivity contribution >= 4 is 0 Å². The van der Waals surface area contributed by atoms with Crippen molar-refractivity contribution in [3.63, 3.8) is 0 Å². The Morgan fingerprint density at radius 1 is 1.06 bits per heavy atom. The van der Waals surface area contributed by atoms with Crippen LogP contribution in [-0.4, -0.2) is 17.8 Å². The molecule has 2 atom stereocenters. The molecule has 0 saturated heterocycles. The molecule has 2 unspecified atom stereocenters. The number of aliphatic hydroxyl groups excluding tert-OH is 1. The predicted molar refractivity (Wildman–Crippen MR) is 71.4 cm³/mol. The van der Waals surface area contributed by atoms with E-state index in [0.29, 0.717) is 18.4 Å². The first-order chi connectivity index (χ1) is 7.61. The van der Waals surface area contributed by atoms with E-state index in [0.717, 1.165) is 19.3 Å². The molecule has 0 aliphatic rings. The van der Waals surface area contributed by atoms with Crippen LogP contribution in [0.1, 0.15) is 65.7 Å². The second kappa shape index (κ2) is 10.1. The molecule has 2 heteroatoms. The van der Waals surface area contributed by atoms with E-state index in [1.165, 1.54) is 25.7 Å². The lowest BCUT2D eigenvalue weighted by molar-refractivity contribution is 0.0882. The van der Waals surface area contributed by atoms with Crippen molar-refractivity contribution in [2.24, 2.45) is 17.6 Å². The molecule has 0 saturated carbocycles. The standard InChI is InChI=1S/C14H31NO/c1-4-5-6-7-8-9-14(16)13(11-15)10-12(2)3/h12-14,16H,4-11,15H2,1-3H3. The summed E-state index contributed by atoms with van der Waals surface area (Å²) < 4.78 is 0. The smallest absolute Gasteiger partial charge is 0.0580 e. The minimum Gasteiger partial charge on any atom is -0.393 e. The number of unbranched alkanes of at least 4 members (excludes halogenated alkanes) is 4. The highest BCUT2D eigenvalue weighted by Crippen LogP contribution is 2.19. The third-order valence-corrected chi connectivity index (χ3v) is 3.22. The summed E-state index contributed by atoms with van der Waals surface area (Å²) in [6.45, 7) is 7.23. The summed E-state index contributed by atoms with van der Waals surface area (Å²) in [4.78, 5) is 0. The van der Waals surface area contributed by atoms with Gasteiger partial charge in [-0.1, -0.05) is 52.9 Å². The first-order valence-corrected chi connectivity index (χ1v) is 6.99. The second-order valence-corrected chi connectivity index (χ2v) is 5.40. The van der Waals surface area contributed by atoms with Crippen LogP contribution in [0.2, 0.25) is 0 Å². The normalized spacial score (nSPS) is 15.4. The quantitative estimate of drug-likeness (QED) is 0.564. The van der Waals surface area contributed by atoms with Crippen LogP contribution in [0.25, 0.3) is 0 Å². The Labute approximate surface area is 102 Å². The number of aliphatic hydroxyl groups is 1. The molecule has 0 aromatic heterocycles. The van der Waals surface area contributed by atoms with Crippen LogP contribution in [0, 0.1) is 11.8 Å². The van der Waals surface area contributed by atoms with E-state index >= 15 is 0 Å². The van der Waals surface area contributed by atoms with Crippen LogP contribution < -0.4 is 5.73 Å². The summed E-state index contributed by atoms with van der Waals surface area (Å²) in [6, 6.07) is 0. The van der Waals surface area contributed by atoms with Gasteiger partial charge in [0.25, 0.3) is 0 Å². The molecule has 0 amide bonds. The van der Waals surface area contributed by atoms with E-state index in [9.17, 15) is 5.11 Å². The van der Waals surface area contributed by atoms with Crippen LogP contribution in [-0.2, 0) is 0 Å². The van der Waals surface area contributed by atoms with E-state index in [1.54, 1.807) is 0 Å². The zero-order valence-corrected chi connectivity index (χ0v) is 11.4. The average Bonchev–Trinajstić information content (AvgIpc) is 2.25. The average molecular weight is 229 g/mol. The van der Waals surface area contributed by atoms with Gasteiger partial charge in [-0.3, -0.25) is 0 Å². The van der Waals surface area contributed by atoms with Gasteiger partial charge >= 0.3 is 0 Å². The summed E-state index contributed by atoms with van der Waals surface area (Å²) in [5, 5.41) is 10.0. The first-order valence-electron chi connectivity index (χ1n) is 6.99. The molecule has 0 rings (SSSR count). The van der Waals surface area contributed by atoms with E-state index in [-0.39, 0.29) is 6.10 Å². The highest BCUT2D eigenvalue weighted by molar-refractivity contribution is 4.71. The summed E-state index contributed by atoms with van der Waals surface area (Å²) in [7, 11) is 0. The Morgan fingerprint density at radius 2 is 1.69 bits per heavy atom. The van der Waals surface area contributed by atoms with Crippen molar-refractivity contribution in [1.29, 1.82) is 0 Å². The van der Waals surface area contributed by atoms with Crippen LogP contribution in [0.4, 0.5) is 0 Å². The van der Waals surface area contributed by atoms with Gasteiger partial charge in [0.2, 0.25) is 0 Å². The SMILES string of the molecule is CCCCCCCC(O)C(CN)CC(C)C. The van der Waals surface area contributed by atoms with E-state index in [2.05, 4.69) is 20.8 Å². The predicted octanol–water partition coefficient (Wildman–Crippen LogP) is 3.33. The largest absolute Gasteiger partial charge is 0.393 e. The third-order valence-electron chi connectivity index (χ3n) is 3.22. The molecular weight excluding hydrogens is 198 g/mol. The number of hydrogen-bond donors (Lipinski definition) is 2. The molecule has 0 heterocycles. The number of rotatable bonds is 10. The van der Waals surface area contributed by atoms with Gasteiger partial charge in [0.1, 0.15) is 0 Å². The molecule has 16 heavy (non-hydrogen) atoms. The highest BCUT2D eigenvalue weighted by atomic mass is 16.3. The van der Waals surface area contributed by atoms with Crippen molar-refractivity contribution in [1.82, 2.24) is 0 Å². The fourth-order valence-corrected chi connectivity index (χ4v) is 2.21. The molecule has 0 aliphatic carbocycles. The summed E-state index contributed by atoms with van der Waals surface area (Å²) >= 11 is 0. The van der Waals surface area contributed by atoms with Gasteiger partial charge in [-0.15, -0.1) is 0 Å². The summed E-state index contributed by atoms with van der Waals surface area (Å²) in [5.41, 5.74) is 5.71. The summed E-state index contributed by atoms with van der Waals surface area (Å²) in [6.07, 6.45) is 8.10. The lowest BCUT2D eigenvalue weighted by atomic mass is 9.89. The van der Waals surface area contributed by atoms with E-state index in [4.69, 9.17) is 5.73 Å². The molecule has 0 fully saturated rings. The topological polar surface area (TPSA) is 46.2 Å². The van der Waals surface area contributed by atoms with Gasteiger partial charge < -0.3 is 10.8 Å². The molecule has 0 spiro atoms. The fraction of sp³-hybridized carbons (Fsp3) is 1.00. The molecule has 0 aromatic carbocycles. The van der Waals surface area contributed by atoms with Crippen LogP contribution in [0.15, 0.2) is 0 Å². The Bertz CT molecular complexity index is 148. The lowest BCUT2D eigenvalue weighted by Gasteiger charge is -2.23. The fourth-order valence-electron chi connectivity index (χ4n) is 2.21. The maximum absolute atomic E-state index is 10.0. The van der Waals surface area contributed by atoms with E-state index < -0.39 is 0 Å². The third kappa shape index (κ3) is 8.12. The maximum atomic E-state index is 10.0. The van der Waals surface area contributed by atoms with Crippen molar-refractivity contribution in [2.45, 2.75) is 71.8 Å².